The maximum absolute atomic E-state index is 11.6. The molecule has 0 amide bonds. The number of rotatable bonds is 2. The minimum Gasteiger partial charge on any atom is -0.478 e. The molecular weight excluding hydrogens is 218 g/mol. The molecule has 2 nitrogen and oxygen atoms in total. The first-order valence-electron chi connectivity index (χ1n) is 3.10. The largest absolute Gasteiger partial charge is 0.478 e. The quantitative estimate of drug-likeness (QED) is 0.575. The maximum atomic E-state index is 11.6. The van der Waals surface area contributed by atoms with Crippen LogP contribution in [0.5, 0.6) is 0 Å². The summed E-state index contributed by atoms with van der Waals surface area (Å²) in [7, 11) is 0. The summed E-state index contributed by atoms with van der Waals surface area (Å²) in [6.45, 7) is 0. The molecule has 0 atom stereocenters. The molecule has 14 heavy (non-hydrogen) atoms. The number of alkyl halides is 6. The molecule has 0 spiro atoms. The Bertz CT molecular complexity index is 248. The Kier molecular flexibility index (Phi) is 3.55. The predicted octanol–water partition coefficient (Wildman–Crippen LogP) is 2.51. The summed E-state index contributed by atoms with van der Waals surface area (Å²) in [6, 6.07) is 0. The van der Waals surface area contributed by atoms with Crippen LogP contribution in [0, 0.1) is 0 Å². The van der Waals surface area contributed by atoms with Gasteiger partial charge in [-0.15, -0.1) is 0 Å². The minimum atomic E-state index is -5.07. The Morgan fingerprint density at radius 3 is 1.79 bits per heavy atom. The summed E-state index contributed by atoms with van der Waals surface area (Å²) in [5, 5.41) is 8.03. The van der Waals surface area contributed by atoms with Gasteiger partial charge in [0, 0.05) is 6.08 Å². The van der Waals surface area contributed by atoms with E-state index < -0.39 is 36.4 Å². The second kappa shape index (κ2) is 3.89. The van der Waals surface area contributed by atoms with Gasteiger partial charge in [-0.2, -0.15) is 26.3 Å². The number of carboxylic acids is 1. The van der Waals surface area contributed by atoms with Gasteiger partial charge >= 0.3 is 18.3 Å². The summed E-state index contributed by atoms with van der Waals surface area (Å²) >= 11 is 0. The predicted molar refractivity (Wildman–Crippen MR) is 32.4 cm³/mol. The van der Waals surface area contributed by atoms with E-state index in [-0.39, 0.29) is 0 Å². The van der Waals surface area contributed by atoms with Crippen molar-refractivity contribution in [3.05, 3.63) is 11.6 Å². The molecule has 0 heterocycles. The summed E-state index contributed by atoms with van der Waals surface area (Å²) in [6.07, 6.45) is -13.0. The van der Waals surface area contributed by atoms with E-state index in [2.05, 4.69) is 0 Å². The van der Waals surface area contributed by atoms with Gasteiger partial charge in [0.1, 0.15) is 0 Å². The van der Waals surface area contributed by atoms with Gasteiger partial charge in [-0.05, 0) is 0 Å². The van der Waals surface area contributed by atoms with Gasteiger partial charge in [0.2, 0.25) is 0 Å². The molecule has 0 aromatic heterocycles. The highest BCUT2D eigenvalue weighted by Gasteiger charge is 2.35. The van der Waals surface area contributed by atoms with Crippen molar-refractivity contribution in [2.24, 2.45) is 0 Å². The molecule has 82 valence electrons. The maximum Gasteiger partial charge on any atom is 0.410 e. The molecular formula is C6H4F6O2. The summed E-state index contributed by atoms with van der Waals surface area (Å²) < 4.78 is 69.3. The zero-order valence-electron chi connectivity index (χ0n) is 6.41. The number of hydrogen-bond donors (Lipinski definition) is 1. The Morgan fingerprint density at radius 2 is 1.57 bits per heavy atom. The second-order valence-electron chi connectivity index (χ2n) is 2.31. The van der Waals surface area contributed by atoms with Gasteiger partial charge in [0.25, 0.3) is 0 Å². The van der Waals surface area contributed by atoms with Crippen LogP contribution in [0.1, 0.15) is 6.42 Å². The van der Waals surface area contributed by atoms with E-state index in [0.717, 1.165) is 0 Å². The average molecular weight is 222 g/mol. The number of aliphatic carboxylic acids is 1. The zero-order chi connectivity index (χ0) is 11.6. The van der Waals surface area contributed by atoms with Crippen LogP contribution in [-0.4, -0.2) is 23.4 Å². The first-order valence-corrected chi connectivity index (χ1v) is 3.10. The fourth-order valence-corrected chi connectivity index (χ4v) is 0.602. The van der Waals surface area contributed by atoms with Crippen LogP contribution < -0.4 is 0 Å². The Hall–Kier alpha value is -1.21. The van der Waals surface area contributed by atoms with Crippen molar-refractivity contribution in [3.8, 4) is 0 Å². The third kappa shape index (κ3) is 6.32. The van der Waals surface area contributed by atoms with Crippen molar-refractivity contribution in [2.75, 3.05) is 0 Å². The van der Waals surface area contributed by atoms with Crippen molar-refractivity contribution in [1.82, 2.24) is 0 Å². The Labute approximate surface area is 73.8 Å². The molecule has 0 fully saturated rings. The van der Waals surface area contributed by atoms with Gasteiger partial charge in [-0.25, -0.2) is 4.79 Å². The highest BCUT2D eigenvalue weighted by atomic mass is 19.4. The second-order valence-corrected chi connectivity index (χ2v) is 2.31. The van der Waals surface area contributed by atoms with Crippen LogP contribution in [0.15, 0.2) is 11.6 Å². The van der Waals surface area contributed by atoms with Crippen molar-refractivity contribution in [2.45, 2.75) is 18.8 Å². The lowest BCUT2D eigenvalue weighted by atomic mass is 10.1. The van der Waals surface area contributed by atoms with E-state index >= 15 is 0 Å². The van der Waals surface area contributed by atoms with Crippen molar-refractivity contribution in [3.63, 3.8) is 0 Å². The van der Waals surface area contributed by atoms with E-state index in [0.29, 0.717) is 0 Å². The lowest BCUT2D eigenvalue weighted by Gasteiger charge is -2.07. The first-order chi connectivity index (χ1) is 6.01. The average Bonchev–Trinajstić information content (AvgIpc) is 1.78. The van der Waals surface area contributed by atoms with Crippen LogP contribution in [0.3, 0.4) is 0 Å². The van der Waals surface area contributed by atoms with E-state index in [4.69, 9.17) is 5.11 Å². The minimum absolute atomic E-state index is 0.872. The van der Waals surface area contributed by atoms with Crippen LogP contribution >= 0.6 is 0 Å². The monoisotopic (exact) mass is 222 g/mol. The van der Waals surface area contributed by atoms with Crippen LogP contribution in [-0.2, 0) is 4.79 Å². The van der Waals surface area contributed by atoms with E-state index in [1.807, 2.05) is 0 Å². The SMILES string of the molecule is O=C(O)C(=CC(F)(F)F)CC(F)(F)F. The fraction of sp³-hybridized carbons (Fsp3) is 0.500. The smallest absolute Gasteiger partial charge is 0.410 e. The topological polar surface area (TPSA) is 37.3 Å². The molecule has 8 heteroatoms. The Balaban J connectivity index is 4.81. The Morgan fingerprint density at radius 1 is 1.14 bits per heavy atom. The molecule has 0 bridgehead atoms. The number of carboxylic acid groups (broad SMARTS) is 1. The van der Waals surface area contributed by atoms with Gasteiger partial charge in [-0.1, -0.05) is 0 Å². The van der Waals surface area contributed by atoms with E-state index in [9.17, 15) is 31.1 Å². The third-order valence-corrected chi connectivity index (χ3v) is 1.00. The summed E-state index contributed by atoms with van der Waals surface area (Å²) in [5.74, 6) is -2.24. The summed E-state index contributed by atoms with van der Waals surface area (Å²) in [4.78, 5) is 9.99. The van der Waals surface area contributed by atoms with Gasteiger partial charge in [0.05, 0.1) is 12.0 Å². The zero-order valence-corrected chi connectivity index (χ0v) is 6.41. The molecule has 0 radical (unpaired) electrons. The lowest BCUT2D eigenvalue weighted by molar-refractivity contribution is -0.144. The lowest BCUT2D eigenvalue weighted by Crippen LogP contribution is -2.16. The molecule has 0 rings (SSSR count). The number of halogens is 6. The van der Waals surface area contributed by atoms with Crippen molar-refractivity contribution < 1.29 is 36.2 Å². The van der Waals surface area contributed by atoms with Crippen molar-refractivity contribution in [1.29, 1.82) is 0 Å². The van der Waals surface area contributed by atoms with E-state index in [1.54, 1.807) is 0 Å². The third-order valence-electron chi connectivity index (χ3n) is 1.00. The molecule has 0 aliphatic carbocycles. The summed E-state index contributed by atoms with van der Waals surface area (Å²) in [5.41, 5.74) is -1.73. The van der Waals surface area contributed by atoms with Gasteiger partial charge in [-0.3, -0.25) is 0 Å². The normalized spacial score (nSPS) is 14.3. The number of hydrogen-bond acceptors (Lipinski definition) is 1. The fourth-order valence-electron chi connectivity index (χ4n) is 0.602. The van der Waals surface area contributed by atoms with E-state index in [1.165, 1.54) is 0 Å². The van der Waals surface area contributed by atoms with Gasteiger partial charge in [0.15, 0.2) is 0 Å². The number of carbonyl (C=O) groups is 1. The molecule has 0 unspecified atom stereocenters. The molecule has 1 N–H and O–H groups in total. The van der Waals surface area contributed by atoms with Crippen molar-refractivity contribution >= 4 is 5.97 Å². The van der Waals surface area contributed by atoms with Crippen LogP contribution in [0.2, 0.25) is 0 Å². The number of allylic oxidation sites excluding steroid dienone is 1. The molecule has 0 aromatic carbocycles. The highest BCUT2D eigenvalue weighted by molar-refractivity contribution is 5.86. The van der Waals surface area contributed by atoms with Gasteiger partial charge < -0.3 is 5.11 Å². The standard InChI is InChI=1S/C6H4F6O2/c7-5(8,9)1-3(4(13)14)2-6(10,11)12/h1H,2H2,(H,13,14). The molecule has 0 aromatic rings. The highest BCUT2D eigenvalue weighted by Crippen LogP contribution is 2.28. The van der Waals surface area contributed by atoms with Crippen LogP contribution in [0.4, 0.5) is 26.3 Å². The molecule has 0 saturated heterocycles. The molecule has 0 aliphatic heterocycles. The van der Waals surface area contributed by atoms with Crippen LogP contribution in [0.25, 0.3) is 0 Å². The first kappa shape index (κ1) is 12.8. The molecule has 0 aliphatic rings. The molecule has 0 saturated carbocycles.